The molecule has 1 saturated carbocycles. The molecule has 1 aliphatic heterocycles. The Morgan fingerprint density at radius 1 is 1.04 bits per heavy atom. The van der Waals surface area contributed by atoms with Gasteiger partial charge < -0.3 is 5.32 Å². The Bertz CT molecular complexity index is 701. The first kappa shape index (κ1) is 19.4. The minimum Gasteiger partial charge on any atom is -0.352 e. The molecule has 1 saturated heterocycles. The maximum absolute atomic E-state index is 12.4. The Morgan fingerprint density at radius 2 is 1.65 bits per heavy atom. The number of nitrogens with zero attached hydrogens (tertiary/aromatic N) is 1. The van der Waals surface area contributed by atoms with E-state index in [1.54, 1.807) is 0 Å². The van der Waals surface area contributed by atoms with Crippen LogP contribution >= 0.6 is 0 Å². The third-order valence-corrected chi connectivity index (χ3v) is 7.15. The average molecular weight is 379 g/mol. The van der Waals surface area contributed by atoms with Gasteiger partial charge in [-0.2, -0.15) is 0 Å². The molecular weight excluding hydrogens is 348 g/mol. The summed E-state index contributed by atoms with van der Waals surface area (Å²) < 4.78 is 24.6. The lowest BCUT2D eigenvalue weighted by molar-refractivity contribution is 0.0941. The van der Waals surface area contributed by atoms with Gasteiger partial charge in [0.2, 0.25) is 10.0 Å². The molecule has 1 aliphatic carbocycles. The van der Waals surface area contributed by atoms with Crippen molar-refractivity contribution in [1.29, 1.82) is 0 Å². The molecule has 2 fully saturated rings. The fraction of sp³-hybridized carbons (Fsp3) is 0.650. The Balaban J connectivity index is 1.46. The number of hydrogen-bond donors (Lipinski definition) is 1. The van der Waals surface area contributed by atoms with Gasteiger partial charge in [0.25, 0.3) is 5.91 Å². The summed E-state index contributed by atoms with van der Waals surface area (Å²) in [6, 6.07) is 8.09. The first-order valence-corrected chi connectivity index (χ1v) is 11.6. The second kappa shape index (κ2) is 8.53. The average Bonchev–Trinajstić information content (AvgIpc) is 2.66. The van der Waals surface area contributed by atoms with Crippen molar-refractivity contribution < 1.29 is 13.2 Å². The molecule has 0 radical (unpaired) electrons. The Morgan fingerprint density at radius 3 is 2.23 bits per heavy atom. The number of sulfonamides is 1. The van der Waals surface area contributed by atoms with E-state index in [4.69, 9.17) is 0 Å². The summed E-state index contributed by atoms with van der Waals surface area (Å²) in [4.78, 5) is 12.4. The zero-order valence-corrected chi connectivity index (χ0v) is 16.4. The van der Waals surface area contributed by atoms with Crippen LogP contribution in [0.3, 0.4) is 0 Å². The van der Waals surface area contributed by atoms with Crippen molar-refractivity contribution >= 4 is 15.9 Å². The van der Waals surface area contributed by atoms with Crippen molar-refractivity contribution in [1.82, 2.24) is 9.62 Å². The third kappa shape index (κ3) is 5.07. The number of nitrogens with one attached hydrogen (secondary N) is 1. The Labute approximate surface area is 157 Å². The molecule has 3 rings (SSSR count). The molecule has 1 heterocycles. The summed E-state index contributed by atoms with van der Waals surface area (Å²) in [6.07, 6.45) is 9.35. The minimum atomic E-state index is -3.09. The van der Waals surface area contributed by atoms with Gasteiger partial charge in [-0.1, -0.05) is 31.4 Å². The first-order chi connectivity index (χ1) is 12.4. The van der Waals surface area contributed by atoms with Gasteiger partial charge in [-0.3, -0.25) is 4.79 Å². The van der Waals surface area contributed by atoms with Crippen LogP contribution in [0.4, 0.5) is 0 Å². The summed E-state index contributed by atoms with van der Waals surface area (Å²) in [7, 11) is -3.09. The van der Waals surface area contributed by atoms with Crippen molar-refractivity contribution in [2.75, 3.05) is 25.9 Å². The first-order valence-electron chi connectivity index (χ1n) is 9.77. The molecule has 6 heteroatoms. The fourth-order valence-corrected chi connectivity index (χ4v) is 5.00. The number of benzene rings is 1. The van der Waals surface area contributed by atoms with Crippen LogP contribution < -0.4 is 5.32 Å². The van der Waals surface area contributed by atoms with E-state index in [0.717, 1.165) is 12.8 Å². The monoisotopic (exact) mass is 378 g/mol. The second-order valence-electron chi connectivity index (χ2n) is 7.77. The lowest BCUT2D eigenvalue weighted by Gasteiger charge is -2.30. The topological polar surface area (TPSA) is 66.5 Å². The van der Waals surface area contributed by atoms with Gasteiger partial charge in [-0.15, -0.1) is 0 Å². The van der Waals surface area contributed by atoms with Gasteiger partial charge in [-0.05, 0) is 55.2 Å². The standard InChI is InChI=1S/C20H30N2O3S/c1-26(24,25)22-13-11-16(12-14-22)15-21-20(23)19-9-7-18(8-10-19)17-5-3-2-4-6-17/h7-10,16-17H,2-6,11-15H2,1H3,(H,21,23). The van der Waals surface area contributed by atoms with Crippen LogP contribution in [0.1, 0.15) is 66.8 Å². The number of carbonyl (C=O) groups excluding carboxylic acids is 1. The smallest absolute Gasteiger partial charge is 0.251 e. The van der Waals surface area contributed by atoms with Crippen LogP contribution in [0.25, 0.3) is 0 Å². The van der Waals surface area contributed by atoms with Gasteiger partial charge in [0.05, 0.1) is 6.26 Å². The van der Waals surface area contributed by atoms with E-state index in [2.05, 4.69) is 17.4 Å². The van der Waals surface area contributed by atoms with Crippen LogP contribution in [0.15, 0.2) is 24.3 Å². The molecular formula is C20H30N2O3S. The third-order valence-electron chi connectivity index (χ3n) is 5.84. The summed E-state index contributed by atoms with van der Waals surface area (Å²) >= 11 is 0. The zero-order valence-electron chi connectivity index (χ0n) is 15.6. The van der Waals surface area contributed by atoms with E-state index in [9.17, 15) is 13.2 Å². The largest absolute Gasteiger partial charge is 0.352 e. The van der Waals surface area contributed by atoms with E-state index < -0.39 is 10.0 Å². The lowest BCUT2D eigenvalue weighted by atomic mass is 9.84. The molecule has 0 unspecified atom stereocenters. The summed E-state index contributed by atoms with van der Waals surface area (Å²) in [5, 5.41) is 3.01. The highest BCUT2D eigenvalue weighted by molar-refractivity contribution is 7.88. The molecule has 0 atom stereocenters. The maximum Gasteiger partial charge on any atom is 0.251 e. The van der Waals surface area contributed by atoms with E-state index in [1.807, 2.05) is 12.1 Å². The van der Waals surface area contributed by atoms with Crippen molar-refractivity contribution in [2.45, 2.75) is 50.9 Å². The minimum absolute atomic E-state index is 0.0364. The highest BCUT2D eigenvalue weighted by Gasteiger charge is 2.25. The van der Waals surface area contributed by atoms with E-state index in [-0.39, 0.29) is 5.91 Å². The van der Waals surface area contributed by atoms with E-state index in [0.29, 0.717) is 37.0 Å². The molecule has 26 heavy (non-hydrogen) atoms. The number of amides is 1. The maximum atomic E-state index is 12.4. The van der Waals surface area contributed by atoms with Crippen molar-refractivity contribution in [2.24, 2.45) is 5.92 Å². The van der Waals surface area contributed by atoms with Crippen LogP contribution in [0.5, 0.6) is 0 Å². The van der Waals surface area contributed by atoms with Gasteiger partial charge in [0, 0.05) is 25.2 Å². The number of piperidine rings is 1. The van der Waals surface area contributed by atoms with E-state index in [1.165, 1.54) is 48.2 Å². The second-order valence-corrected chi connectivity index (χ2v) is 9.75. The lowest BCUT2D eigenvalue weighted by Crippen LogP contribution is -2.41. The summed E-state index contributed by atoms with van der Waals surface area (Å²) in [5.74, 6) is 0.963. The van der Waals surface area contributed by atoms with Crippen molar-refractivity contribution in [3.8, 4) is 0 Å². The molecule has 144 valence electrons. The fourth-order valence-electron chi connectivity index (χ4n) is 4.13. The molecule has 0 spiro atoms. The van der Waals surface area contributed by atoms with Gasteiger partial charge >= 0.3 is 0 Å². The molecule has 5 nitrogen and oxygen atoms in total. The SMILES string of the molecule is CS(=O)(=O)N1CCC(CNC(=O)c2ccc(C3CCCCC3)cc2)CC1. The highest BCUT2D eigenvalue weighted by Crippen LogP contribution is 2.32. The number of carbonyl (C=O) groups is 1. The normalized spacial score (nSPS) is 20.8. The van der Waals surface area contributed by atoms with E-state index >= 15 is 0 Å². The van der Waals surface area contributed by atoms with Crippen LogP contribution in [0, 0.1) is 5.92 Å². The van der Waals surface area contributed by atoms with Gasteiger partial charge in [-0.25, -0.2) is 12.7 Å². The molecule has 1 aromatic carbocycles. The summed E-state index contributed by atoms with van der Waals surface area (Å²) in [6.45, 7) is 1.71. The molecule has 1 N–H and O–H groups in total. The summed E-state index contributed by atoms with van der Waals surface area (Å²) in [5.41, 5.74) is 2.06. The predicted octanol–water partition coefficient (Wildman–Crippen LogP) is 3.14. The Hall–Kier alpha value is -1.40. The molecule has 0 bridgehead atoms. The van der Waals surface area contributed by atoms with Gasteiger partial charge in [0.15, 0.2) is 0 Å². The van der Waals surface area contributed by atoms with Crippen LogP contribution in [-0.2, 0) is 10.0 Å². The highest BCUT2D eigenvalue weighted by atomic mass is 32.2. The number of hydrogen-bond acceptors (Lipinski definition) is 3. The molecule has 1 aromatic rings. The quantitative estimate of drug-likeness (QED) is 0.856. The van der Waals surface area contributed by atoms with Crippen molar-refractivity contribution in [3.63, 3.8) is 0 Å². The van der Waals surface area contributed by atoms with Gasteiger partial charge in [0.1, 0.15) is 0 Å². The number of rotatable bonds is 5. The predicted molar refractivity (Wildman–Crippen MR) is 104 cm³/mol. The molecule has 1 amide bonds. The van der Waals surface area contributed by atoms with Crippen LogP contribution in [-0.4, -0.2) is 44.5 Å². The molecule has 0 aromatic heterocycles. The Kier molecular flexibility index (Phi) is 6.35. The van der Waals surface area contributed by atoms with Crippen LogP contribution in [0.2, 0.25) is 0 Å². The zero-order chi connectivity index (χ0) is 18.6. The van der Waals surface area contributed by atoms with Crippen molar-refractivity contribution in [3.05, 3.63) is 35.4 Å². The molecule has 2 aliphatic rings.